The molecule has 0 aliphatic heterocycles. The van der Waals surface area contributed by atoms with Crippen molar-refractivity contribution in [3.05, 3.63) is 44.2 Å². The summed E-state index contributed by atoms with van der Waals surface area (Å²) in [4.78, 5) is 2.38. The van der Waals surface area contributed by atoms with Crippen molar-refractivity contribution in [1.29, 1.82) is 0 Å². The average molecular weight is 335 g/mol. The second kappa shape index (κ2) is 6.47. The van der Waals surface area contributed by atoms with Crippen LogP contribution in [0.25, 0.3) is 10.4 Å². The van der Waals surface area contributed by atoms with Crippen LogP contribution in [0.1, 0.15) is 24.8 Å². The van der Waals surface area contributed by atoms with E-state index in [-0.39, 0.29) is 0 Å². The van der Waals surface area contributed by atoms with Crippen molar-refractivity contribution in [1.82, 2.24) is 5.32 Å². The van der Waals surface area contributed by atoms with Crippen molar-refractivity contribution < 1.29 is 0 Å². The zero-order valence-electron chi connectivity index (χ0n) is 10.6. The Morgan fingerprint density at radius 1 is 1.11 bits per heavy atom. The van der Waals surface area contributed by atoms with Crippen molar-refractivity contribution in [2.24, 2.45) is 0 Å². The monoisotopic (exact) mass is 333 g/mol. The maximum absolute atomic E-state index is 6.23. The zero-order valence-corrected chi connectivity index (χ0v) is 13.7. The zero-order chi connectivity index (χ0) is 14.0. The summed E-state index contributed by atoms with van der Waals surface area (Å²) in [5.74, 6) is 0. The van der Waals surface area contributed by atoms with Gasteiger partial charge in [0.25, 0.3) is 0 Å². The lowest BCUT2D eigenvalue weighted by atomic mass is 10.2. The molecule has 0 fully saturated rings. The molecule has 0 spiro atoms. The first-order chi connectivity index (χ1) is 9.02. The van der Waals surface area contributed by atoms with E-state index >= 15 is 0 Å². The van der Waals surface area contributed by atoms with Gasteiger partial charge in [-0.2, -0.15) is 0 Å². The lowest BCUT2D eigenvalue weighted by Gasteiger charge is -2.09. The predicted octanol–water partition coefficient (Wildman–Crippen LogP) is 6.05. The van der Waals surface area contributed by atoms with Crippen molar-refractivity contribution in [2.45, 2.75) is 19.9 Å². The molecule has 2 aromatic rings. The second-order valence-corrected chi connectivity index (χ2v) is 6.56. The van der Waals surface area contributed by atoms with Gasteiger partial charge in [-0.1, -0.05) is 41.7 Å². The predicted molar refractivity (Wildman–Crippen MR) is 86.9 cm³/mol. The molecule has 0 saturated carbocycles. The van der Waals surface area contributed by atoms with Crippen LogP contribution in [0.5, 0.6) is 0 Å². The van der Waals surface area contributed by atoms with E-state index < -0.39 is 0 Å². The van der Waals surface area contributed by atoms with E-state index in [1.54, 1.807) is 17.4 Å². The minimum absolute atomic E-state index is 0.338. The molecule has 0 aliphatic carbocycles. The summed E-state index contributed by atoms with van der Waals surface area (Å²) in [6, 6.07) is 8.03. The van der Waals surface area contributed by atoms with Crippen LogP contribution in [0.4, 0.5) is 0 Å². The van der Waals surface area contributed by atoms with Gasteiger partial charge < -0.3 is 5.32 Å². The summed E-state index contributed by atoms with van der Waals surface area (Å²) in [5.41, 5.74) is 0.927. The van der Waals surface area contributed by atoms with Crippen LogP contribution in [0.2, 0.25) is 15.1 Å². The second-order valence-electron chi connectivity index (χ2n) is 4.23. The van der Waals surface area contributed by atoms with Crippen molar-refractivity contribution in [2.75, 3.05) is 6.54 Å². The third kappa shape index (κ3) is 3.45. The van der Waals surface area contributed by atoms with Gasteiger partial charge in [-0.25, -0.2) is 0 Å². The van der Waals surface area contributed by atoms with E-state index in [1.807, 2.05) is 6.07 Å². The van der Waals surface area contributed by atoms with Gasteiger partial charge in [0.1, 0.15) is 0 Å². The Morgan fingerprint density at radius 3 is 2.47 bits per heavy atom. The van der Waals surface area contributed by atoms with E-state index in [1.165, 1.54) is 4.88 Å². The van der Waals surface area contributed by atoms with Gasteiger partial charge in [0, 0.05) is 21.4 Å². The van der Waals surface area contributed by atoms with Crippen molar-refractivity contribution >= 4 is 46.1 Å². The fraction of sp³-hybridized carbons (Fsp3) is 0.286. The van der Waals surface area contributed by atoms with E-state index in [0.717, 1.165) is 17.0 Å². The summed E-state index contributed by atoms with van der Waals surface area (Å²) in [6.07, 6.45) is 0. The van der Waals surface area contributed by atoms with Crippen LogP contribution in [0, 0.1) is 0 Å². The quantitative estimate of drug-likeness (QED) is 0.671. The highest BCUT2D eigenvalue weighted by Crippen LogP contribution is 2.39. The molecular weight excluding hydrogens is 321 g/mol. The molecule has 102 valence electrons. The molecular formula is C14H14Cl3NS. The van der Waals surface area contributed by atoms with Crippen LogP contribution >= 0.6 is 46.1 Å². The summed E-state index contributed by atoms with van der Waals surface area (Å²) in [7, 11) is 0. The Kier molecular flexibility index (Phi) is 5.15. The number of rotatable bonds is 4. The van der Waals surface area contributed by atoms with Crippen molar-refractivity contribution in [3.63, 3.8) is 0 Å². The van der Waals surface area contributed by atoms with Crippen molar-refractivity contribution in [3.8, 4) is 10.4 Å². The van der Waals surface area contributed by atoms with Gasteiger partial charge in [-0.3, -0.25) is 0 Å². The highest BCUT2D eigenvalue weighted by atomic mass is 35.5. The average Bonchev–Trinajstić information content (AvgIpc) is 2.83. The van der Waals surface area contributed by atoms with Gasteiger partial charge in [-0.05, 0) is 37.7 Å². The smallest absolute Gasteiger partial charge is 0.0607 e. The third-order valence-corrected chi connectivity index (χ3v) is 5.18. The highest BCUT2D eigenvalue weighted by Gasteiger charge is 2.12. The Bertz CT molecular complexity index is 580. The summed E-state index contributed by atoms with van der Waals surface area (Å²) < 4.78 is 0. The number of nitrogens with one attached hydrogen (secondary N) is 1. The Hall–Kier alpha value is -0.250. The molecule has 0 amide bonds. The lowest BCUT2D eigenvalue weighted by Crippen LogP contribution is -2.16. The summed E-state index contributed by atoms with van der Waals surface area (Å²) in [5, 5.41) is 5.02. The van der Waals surface area contributed by atoms with E-state index in [9.17, 15) is 0 Å². The summed E-state index contributed by atoms with van der Waals surface area (Å²) in [6.45, 7) is 5.19. The largest absolute Gasteiger partial charge is 0.310 e. The highest BCUT2D eigenvalue weighted by molar-refractivity contribution is 7.15. The minimum Gasteiger partial charge on any atom is -0.310 e. The van der Waals surface area contributed by atoms with Crippen LogP contribution in [0.3, 0.4) is 0 Å². The van der Waals surface area contributed by atoms with Gasteiger partial charge in [0.15, 0.2) is 0 Å². The Morgan fingerprint density at radius 2 is 1.79 bits per heavy atom. The number of halogens is 3. The minimum atomic E-state index is 0.338. The molecule has 0 aliphatic rings. The van der Waals surface area contributed by atoms with Crippen LogP contribution in [-0.2, 0) is 0 Å². The fourth-order valence-electron chi connectivity index (χ4n) is 1.85. The topological polar surface area (TPSA) is 12.0 Å². The molecule has 2 rings (SSSR count). The van der Waals surface area contributed by atoms with Gasteiger partial charge >= 0.3 is 0 Å². The van der Waals surface area contributed by atoms with Gasteiger partial charge in [0.2, 0.25) is 0 Å². The first kappa shape index (κ1) is 15.1. The first-order valence-corrected chi connectivity index (χ1v) is 7.96. The molecule has 1 unspecified atom stereocenters. The molecule has 1 aromatic heterocycles. The maximum Gasteiger partial charge on any atom is 0.0607 e. The number of thiophene rings is 1. The SMILES string of the molecule is CCNC(C)c1ccc(-c2cc(Cl)c(Cl)cc2Cl)s1. The van der Waals surface area contributed by atoms with E-state index in [2.05, 4.69) is 31.3 Å². The molecule has 1 N–H and O–H groups in total. The first-order valence-electron chi connectivity index (χ1n) is 6.01. The Labute approximate surface area is 132 Å². The molecule has 0 bridgehead atoms. The number of hydrogen-bond donors (Lipinski definition) is 1. The van der Waals surface area contributed by atoms with Gasteiger partial charge in [-0.15, -0.1) is 11.3 Å². The third-order valence-electron chi connectivity index (χ3n) is 2.84. The fourth-order valence-corrected chi connectivity index (χ4v) is 3.62. The van der Waals surface area contributed by atoms with Crippen LogP contribution in [0.15, 0.2) is 24.3 Å². The maximum atomic E-state index is 6.23. The van der Waals surface area contributed by atoms with Crippen LogP contribution < -0.4 is 5.32 Å². The number of hydrogen-bond acceptors (Lipinski definition) is 2. The van der Waals surface area contributed by atoms with E-state index in [4.69, 9.17) is 34.8 Å². The molecule has 5 heteroatoms. The normalized spacial score (nSPS) is 12.7. The number of benzene rings is 1. The van der Waals surface area contributed by atoms with E-state index in [0.29, 0.717) is 21.1 Å². The molecule has 0 radical (unpaired) electrons. The summed E-state index contributed by atoms with van der Waals surface area (Å²) >= 11 is 20.0. The van der Waals surface area contributed by atoms with Gasteiger partial charge in [0.05, 0.1) is 15.1 Å². The molecule has 1 aromatic carbocycles. The molecule has 0 saturated heterocycles. The molecule has 1 nitrogen and oxygen atoms in total. The van der Waals surface area contributed by atoms with Crippen LogP contribution in [-0.4, -0.2) is 6.54 Å². The Balaban J connectivity index is 2.35. The molecule has 1 heterocycles. The standard InChI is InChI=1S/C14H14Cl3NS/c1-3-18-8(2)13-4-5-14(19-13)9-6-11(16)12(17)7-10(9)15/h4-8,18H,3H2,1-2H3. The molecule has 1 atom stereocenters. The molecule has 19 heavy (non-hydrogen) atoms. The lowest BCUT2D eigenvalue weighted by molar-refractivity contribution is 0.607.